The molecule has 1 atom stereocenters. The largest absolute Gasteiger partial charge is 0.466 e. The fraction of sp³-hybridized carbons (Fsp3) is 0.226. The molecule has 4 rings (SSSR count). The van der Waals surface area contributed by atoms with Gasteiger partial charge in [-0.05, 0) is 26.3 Å². The molecule has 0 spiro atoms. The van der Waals surface area contributed by atoms with E-state index in [2.05, 4.69) is 5.32 Å². The Hall–Kier alpha value is -3.89. The molecule has 7 heteroatoms. The van der Waals surface area contributed by atoms with Gasteiger partial charge in [0.25, 0.3) is 0 Å². The van der Waals surface area contributed by atoms with E-state index in [1.165, 1.54) is 7.11 Å². The maximum atomic E-state index is 14.9. The topological polar surface area (TPSA) is 81.7 Å². The molecular formula is C31H32NO5P. The van der Waals surface area contributed by atoms with Crippen molar-refractivity contribution in [2.24, 2.45) is 0 Å². The summed E-state index contributed by atoms with van der Waals surface area (Å²) in [5, 5.41) is 4.62. The Balaban J connectivity index is 1.97. The normalized spacial score (nSPS) is 15.6. The number of ether oxygens (including phenoxy) is 2. The van der Waals surface area contributed by atoms with Gasteiger partial charge in [0.15, 0.2) is 0 Å². The Morgan fingerprint density at radius 1 is 0.816 bits per heavy atom. The van der Waals surface area contributed by atoms with E-state index >= 15 is 0 Å². The van der Waals surface area contributed by atoms with E-state index in [0.29, 0.717) is 27.6 Å². The molecular weight excluding hydrogens is 497 g/mol. The molecule has 0 amide bonds. The molecule has 3 aromatic rings. The second-order valence-electron chi connectivity index (χ2n) is 9.18. The van der Waals surface area contributed by atoms with Crippen LogP contribution < -0.4 is 15.9 Å². The zero-order chi connectivity index (χ0) is 27.3. The SMILES string of the molecule is CCOC(=O)C1=C(CP(=O)(c2ccccc2)c2ccccc2)NC(C)=C(C(=O)OC)[C@@H]1c1ccc(C)cc1. The third-order valence-corrected chi connectivity index (χ3v) is 9.71. The van der Waals surface area contributed by atoms with Crippen molar-refractivity contribution in [3.05, 3.63) is 119 Å². The summed E-state index contributed by atoms with van der Waals surface area (Å²) in [6.45, 7) is 5.63. The summed E-state index contributed by atoms with van der Waals surface area (Å²) >= 11 is 0. The molecule has 1 heterocycles. The van der Waals surface area contributed by atoms with Gasteiger partial charge in [0.2, 0.25) is 0 Å². The fourth-order valence-corrected chi connectivity index (χ4v) is 7.50. The lowest BCUT2D eigenvalue weighted by Crippen LogP contribution is -2.35. The number of esters is 2. The first-order chi connectivity index (χ1) is 18.3. The Labute approximate surface area is 223 Å². The highest BCUT2D eigenvalue weighted by Gasteiger charge is 2.41. The van der Waals surface area contributed by atoms with Crippen molar-refractivity contribution in [1.82, 2.24) is 5.32 Å². The van der Waals surface area contributed by atoms with E-state index in [9.17, 15) is 14.2 Å². The third-order valence-electron chi connectivity index (χ3n) is 6.68. The summed E-state index contributed by atoms with van der Waals surface area (Å²) in [6, 6.07) is 26.2. The second kappa shape index (κ2) is 11.7. The molecule has 0 fully saturated rings. The number of methoxy groups -OCH3 is 1. The number of allylic oxidation sites excluding steroid dienone is 2. The van der Waals surface area contributed by atoms with Gasteiger partial charge in [-0.1, -0.05) is 90.5 Å². The van der Waals surface area contributed by atoms with Crippen LogP contribution in [0, 0.1) is 6.92 Å². The molecule has 0 saturated heterocycles. The van der Waals surface area contributed by atoms with Gasteiger partial charge in [0.05, 0.1) is 30.8 Å². The molecule has 1 N–H and O–H groups in total. The minimum absolute atomic E-state index is 0.0450. The van der Waals surface area contributed by atoms with E-state index in [1.807, 2.05) is 91.9 Å². The molecule has 1 aliphatic rings. The van der Waals surface area contributed by atoms with Crippen LogP contribution >= 0.6 is 7.14 Å². The number of rotatable bonds is 8. The highest BCUT2D eigenvalue weighted by molar-refractivity contribution is 7.78. The van der Waals surface area contributed by atoms with Gasteiger partial charge in [0, 0.05) is 28.2 Å². The highest BCUT2D eigenvalue weighted by atomic mass is 31.2. The predicted molar refractivity (Wildman–Crippen MR) is 150 cm³/mol. The van der Waals surface area contributed by atoms with Gasteiger partial charge in [-0.3, -0.25) is 0 Å². The van der Waals surface area contributed by atoms with Crippen LogP contribution in [0.5, 0.6) is 0 Å². The average molecular weight is 530 g/mol. The third kappa shape index (κ3) is 5.36. The van der Waals surface area contributed by atoms with Crippen LogP contribution in [0.2, 0.25) is 0 Å². The van der Waals surface area contributed by atoms with Gasteiger partial charge >= 0.3 is 11.9 Å². The summed E-state index contributed by atoms with van der Waals surface area (Å²) in [5.74, 6) is -1.86. The number of carbonyl (C=O) groups excluding carboxylic acids is 2. The summed E-state index contributed by atoms with van der Waals surface area (Å²) in [6.07, 6.45) is 0.0450. The Morgan fingerprint density at radius 2 is 1.37 bits per heavy atom. The van der Waals surface area contributed by atoms with Crippen LogP contribution in [0.25, 0.3) is 0 Å². The van der Waals surface area contributed by atoms with E-state index in [4.69, 9.17) is 9.47 Å². The van der Waals surface area contributed by atoms with E-state index < -0.39 is 25.0 Å². The van der Waals surface area contributed by atoms with Crippen molar-refractivity contribution in [2.45, 2.75) is 26.7 Å². The van der Waals surface area contributed by atoms with Gasteiger partial charge < -0.3 is 19.4 Å². The van der Waals surface area contributed by atoms with Crippen molar-refractivity contribution >= 4 is 29.7 Å². The molecule has 0 unspecified atom stereocenters. The number of nitrogens with one attached hydrogen (secondary N) is 1. The second-order valence-corrected chi connectivity index (χ2v) is 12.0. The standard InChI is InChI=1S/C31H32NO5P/c1-5-37-31(34)29-26(20-38(35,24-12-8-6-9-13-24)25-14-10-7-11-15-25)32-22(3)27(30(33)36-4)28(29)23-18-16-21(2)17-19-23/h6-19,28,32H,5,20H2,1-4H3/t28-/m0/s1. The van der Waals surface area contributed by atoms with Crippen LogP contribution in [0.4, 0.5) is 0 Å². The van der Waals surface area contributed by atoms with E-state index in [-0.39, 0.29) is 18.3 Å². The molecule has 0 saturated carbocycles. The van der Waals surface area contributed by atoms with Crippen LogP contribution in [0.3, 0.4) is 0 Å². The summed E-state index contributed by atoms with van der Waals surface area (Å²) < 4.78 is 25.6. The summed E-state index contributed by atoms with van der Waals surface area (Å²) in [4.78, 5) is 26.6. The first-order valence-corrected chi connectivity index (χ1v) is 14.4. The number of carbonyl (C=O) groups is 2. The lowest BCUT2D eigenvalue weighted by atomic mass is 9.80. The maximum Gasteiger partial charge on any atom is 0.336 e. The van der Waals surface area contributed by atoms with Gasteiger partial charge in [-0.15, -0.1) is 0 Å². The van der Waals surface area contributed by atoms with E-state index in [1.54, 1.807) is 13.8 Å². The molecule has 0 bridgehead atoms. The average Bonchev–Trinajstić information content (AvgIpc) is 2.93. The van der Waals surface area contributed by atoms with Crippen LogP contribution in [-0.2, 0) is 23.6 Å². The zero-order valence-corrected chi connectivity index (χ0v) is 23.0. The molecule has 3 aromatic carbocycles. The number of dihydropyridines is 1. The van der Waals surface area contributed by atoms with Gasteiger partial charge in [-0.2, -0.15) is 0 Å². The van der Waals surface area contributed by atoms with Crippen LogP contribution in [0.15, 0.2) is 107 Å². The molecule has 1 aliphatic heterocycles. The number of benzene rings is 3. The molecule has 0 aromatic heterocycles. The number of hydrogen-bond acceptors (Lipinski definition) is 6. The van der Waals surface area contributed by atoms with Crippen molar-refractivity contribution in [3.8, 4) is 0 Å². The Bertz CT molecular complexity index is 1380. The fourth-order valence-electron chi connectivity index (χ4n) is 4.84. The highest BCUT2D eigenvalue weighted by Crippen LogP contribution is 2.48. The van der Waals surface area contributed by atoms with Gasteiger partial charge in [0.1, 0.15) is 7.14 Å². The van der Waals surface area contributed by atoms with Crippen molar-refractivity contribution in [3.63, 3.8) is 0 Å². The molecule has 38 heavy (non-hydrogen) atoms. The molecule has 196 valence electrons. The van der Waals surface area contributed by atoms with Crippen LogP contribution in [-0.4, -0.2) is 31.8 Å². The van der Waals surface area contributed by atoms with Crippen LogP contribution in [0.1, 0.15) is 30.9 Å². The van der Waals surface area contributed by atoms with Gasteiger partial charge in [-0.25, -0.2) is 9.59 Å². The smallest absolute Gasteiger partial charge is 0.336 e. The van der Waals surface area contributed by atoms with Crippen molar-refractivity contribution < 1.29 is 23.6 Å². The first-order valence-electron chi connectivity index (χ1n) is 12.5. The Morgan fingerprint density at radius 3 is 1.87 bits per heavy atom. The lowest BCUT2D eigenvalue weighted by molar-refractivity contribution is -0.139. The number of aryl methyl sites for hydroxylation is 1. The molecule has 6 nitrogen and oxygen atoms in total. The van der Waals surface area contributed by atoms with Crippen molar-refractivity contribution in [1.29, 1.82) is 0 Å². The predicted octanol–water partition coefficient (Wildman–Crippen LogP) is 4.96. The summed E-state index contributed by atoms with van der Waals surface area (Å²) in [7, 11) is -1.94. The zero-order valence-electron chi connectivity index (χ0n) is 22.1. The van der Waals surface area contributed by atoms with E-state index in [0.717, 1.165) is 11.1 Å². The molecule has 0 radical (unpaired) electrons. The first kappa shape index (κ1) is 27.2. The minimum atomic E-state index is -3.26. The maximum absolute atomic E-state index is 14.9. The lowest BCUT2D eigenvalue weighted by Gasteiger charge is -2.33. The minimum Gasteiger partial charge on any atom is -0.466 e. The Kier molecular flexibility index (Phi) is 8.33. The molecule has 0 aliphatic carbocycles. The summed E-state index contributed by atoms with van der Waals surface area (Å²) in [5.41, 5.74) is 3.37. The number of hydrogen-bond donors (Lipinski definition) is 1. The van der Waals surface area contributed by atoms with Crippen molar-refractivity contribution in [2.75, 3.05) is 19.9 Å². The monoisotopic (exact) mass is 529 g/mol. The quantitative estimate of drug-likeness (QED) is 0.328.